The summed E-state index contributed by atoms with van der Waals surface area (Å²) >= 11 is 0. The van der Waals surface area contributed by atoms with Crippen LogP contribution in [0.3, 0.4) is 0 Å². The monoisotopic (exact) mass is 513 g/mol. The fourth-order valence-corrected chi connectivity index (χ4v) is 5.12. The molecule has 38 heavy (non-hydrogen) atoms. The Hall–Kier alpha value is -4.17. The van der Waals surface area contributed by atoms with Crippen LogP contribution in [0.4, 0.5) is 5.69 Å². The third kappa shape index (κ3) is 5.40. The average molecular weight is 514 g/mol. The smallest absolute Gasteiger partial charge is 0.335 e. The first-order valence-corrected chi connectivity index (χ1v) is 12.8. The number of carbonyl (C=O) groups is 3. The summed E-state index contributed by atoms with van der Waals surface area (Å²) in [5, 5.41) is 9.41. The van der Waals surface area contributed by atoms with Crippen molar-refractivity contribution in [2.75, 3.05) is 44.7 Å². The summed E-state index contributed by atoms with van der Waals surface area (Å²) in [6.45, 7) is 2.29. The van der Waals surface area contributed by atoms with E-state index in [-0.39, 0.29) is 36.6 Å². The lowest BCUT2D eigenvalue weighted by Gasteiger charge is -2.35. The van der Waals surface area contributed by atoms with Crippen LogP contribution in [-0.4, -0.2) is 72.5 Å². The maximum Gasteiger partial charge on any atom is 0.335 e. The molecule has 3 aromatic rings. The van der Waals surface area contributed by atoms with Gasteiger partial charge in [0.1, 0.15) is 12.3 Å². The van der Waals surface area contributed by atoms with Crippen molar-refractivity contribution in [3.05, 3.63) is 83.9 Å². The largest absolute Gasteiger partial charge is 0.482 e. The van der Waals surface area contributed by atoms with Gasteiger partial charge in [0.25, 0.3) is 5.91 Å². The van der Waals surface area contributed by atoms with Gasteiger partial charge in [0.2, 0.25) is 5.91 Å². The molecule has 196 valence electrons. The van der Waals surface area contributed by atoms with Crippen LogP contribution in [0.2, 0.25) is 0 Å². The van der Waals surface area contributed by atoms with E-state index in [2.05, 4.69) is 41.3 Å². The maximum atomic E-state index is 13.6. The maximum absolute atomic E-state index is 13.6. The molecule has 0 spiro atoms. The second kappa shape index (κ2) is 11.1. The van der Waals surface area contributed by atoms with Gasteiger partial charge in [-0.2, -0.15) is 0 Å². The van der Waals surface area contributed by atoms with Crippen molar-refractivity contribution in [1.29, 1.82) is 0 Å². The molecule has 0 radical (unpaired) electrons. The molecule has 2 aliphatic rings. The first-order chi connectivity index (χ1) is 18.4. The molecule has 1 saturated heterocycles. The summed E-state index contributed by atoms with van der Waals surface area (Å²) in [5.41, 5.74) is 3.58. The third-order valence-electron chi connectivity index (χ3n) is 7.34. The predicted molar refractivity (Wildman–Crippen MR) is 144 cm³/mol. The normalized spacial score (nSPS) is 16.0. The molecule has 0 bridgehead atoms. The zero-order valence-corrected chi connectivity index (χ0v) is 21.4. The highest BCUT2D eigenvalue weighted by atomic mass is 16.5. The molecule has 0 saturated carbocycles. The highest BCUT2D eigenvalue weighted by molar-refractivity contribution is 6.03. The quantitative estimate of drug-likeness (QED) is 0.488. The van der Waals surface area contributed by atoms with Gasteiger partial charge in [-0.05, 0) is 60.8 Å². The van der Waals surface area contributed by atoms with E-state index in [9.17, 15) is 19.5 Å². The van der Waals surface area contributed by atoms with Gasteiger partial charge in [-0.3, -0.25) is 14.5 Å². The van der Waals surface area contributed by atoms with Gasteiger partial charge < -0.3 is 19.6 Å². The molecule has 8 nitrogen and oxygen atoms in total. The van der Waals surface area contributed by atoms with E-state index in [1.165, 1.54) is 23.1 Å². The van der Waals surface area contributed by atoms with Crippen molar-refractivity contribution < 1.29 is 24.2 Å². The molecular formula is C30H31N3O5. The SMILES string of the molecule is CN(C(=O)CN1C(=O)COc2ccc(C(=O)O)cc21)C(CN1CCCC1)c1ccc(-c2ccccc2)cc1. The van der Waals surface area contributed by atoms with Gasteiger partial charge >= 0.3 is 5.97 Å². The zero-order chi connectivity index (χ0) is 26.6. The number of nitrogens with zero attached hydrogens (tertiary/aromatic N) is 3. The Kier molecular flexibility index (Phi) is 7.42. The molecule has 0 aliphatic carbocycles. The number of anilines is 1. The van der Waals surface area contributed by atoms with Crippen molar-refractivity contribution in [3.8, 4) is 16.9 Å². The average Bonchev–Trinajstić information content (AvgIpc) is 3.46. The van der Waals surface area contributed by atoms with Crippen LogP contribution >= 0.6 is 0 Å². The molecule has 5 rings (SSSR count). The van der Waals surface area contributed by atoms with E-state index in [4.69, 9.17) is 4.74 Å². The molecule has 2 amide bonds. The summed E-state index contributed by atoms with van der Waals surface area (Å²) in [6.07, 6.45) is 2.28. The van der Waals surface area contributed by atoms with Crippen LogP contribution in [0.5, 0.6) is 5.75 Å². The Morgan fingerprint density at radius 3 is 2.34 bits per heavy atom. The molecule has 3 aromatic carbocycles. The van der Waals surface area contributed by atoms with Crippen molar-refractivity contribution in [1.82, 2.24) is 9.80 Å². The number of hydrogen-bond acceptors (Lipinski definition) is 5. The Labute approximate surface area is 222 Å². The van der Waals surface area contributed by atoms with E-state index in [1.807, 2.05) is 18.2 Å². The lowest BCUT2D eigenvalue weighted by molar-refractivity contribution is -0.133. The molecule has 1 unspecified atom stereocenters. The Morgan fingerprint density at radius 1 is 0.974 bits per heavy atom. The van der Waals surface area contributed by atoms with E-state index in [0.717, 1.165) is 42.6 Å². The molecule has 8 heteroatoms. The number of benzene rings is 3. The minimum Gasteiger partial charge on any atom is -0.482 e. The summed E-state index contributed by atoms with van der Waals surface area (Å²) < 4.78 is 5.48. The lowest BCUT2D eigenvalue weighted by Crippen LogP contribution is -2.47. The Morgan fingerprint density at radius 2 is 1.66 bits per heavy atom. The fraction of sp³-hybridized carbons (Fsp3) is 0.300. The van der Waals surface area contributed by atoms with Crippen LogP contribution < -0.4 is 9.64 Å². The highest BCUT2D eigenvalue weighted by Crippen LogP contribution is 2.34. The predicted octanol–water partition coefficient (Wildman–Crippen LogP) is 4.07. The highest BCUT2D eigenvalue weighted by Gasteiger charge is 2.32. The minimum absolute atomic E-state index is 0.0262. The van der Waals surface area contributed by atoms with Crippen LogP contribution in [-0.2, 0) is 9.59 Å². The number of rotatable bonds is 8. The Bertz CT molecular complexity index is 1320. The van der Waals surface area contributed by atoms with Crippen molar-refractivity contribution >= 4 is 23.5 Å². The van der Waals surface area contributed by atoms with E-state index >= 15 is 0 Å². The molecule has 0 aromatic heterocycles. The number of carbonyl (C=O) groups excluding carboxylic acids is 2. The third-order valence-corrected chi connectivity index (χ3v) is 7.34. The topological polar surface area (TPSA) is 90.4 Å². The first-order valence-electron chi connectivity index (χ1n) is 12.8. The number of amides is 2. The minimum atomic E-state index is -1.11. The Balaban J connectivity index is 1.39. The second-order valence-electron chi connectivity index (χ2n) is 9.77. The molecule has 2 heterocycles. The number of fused-ring (bicyclic) bond motifs is 1. The van der Waals surface area contributed by atoms with Crippen LogP contribution in [0, 0.1) is 0 Å². The van der Waals surface area contributed by atoms with Crippen molar-refractivity contribution in [2.24, 2.45) is 0 Å². The fourth-order valence-electron chi connectivity index (χ4n) is 5.12. The molecule has 2 aliphatic heterocycles. The molecule has 1 N–H and O–H groups in total. The summed E-state index contributed by atoms with van der Waals surface area (Å²) in [6, 6.07) is 22.6. The van der Waals surface area contributed by atoms with Gasteiger partial charge in [0.05, 0.1) is 17.3 Å². The number of likely N-dealkylation sites (N-methyl/N-ethyl adjacent to an activating group) is 1. The van der Waals surface area contributed by atoms with Gasteiger partial charge in [0, 0.05) is 13.6 Å². The molecule has 1 atom stereocenters. The van der Waals surface area contributed by atoms with E-state index < -0.39 is 5.97 Å². The van der Waals surface area contributed by atoms with Gasteiger partial charge in [0.15, 0.2) is 6.61 Å². The van der Waals surface area contributed by atoms with Gasteiger partial charge in [-0.25, -0.2) is 4.79 Å². The van der Waals surface area contributed by atoms with Gasteiger partial charge in [-0.15, -0.1) is 0 Å². The summed E-state index contributed by atoms with van der Waals surface area (Å²) in [7, 11) is 1.77. The summed E-state index contributed by atoms with van der Waals surface area (Å²) in [4.78, 5) is 43.3. The summed E-state index contributed by atoms with van der Waals surface area (Å²) in [5.74, 6) is -1.35. The number of carboxylic acids is 1. The van der Waals surface area contributed by atoms with Crippen LogP contribution in [0.25, 0.3) is 11.1 Å². The molecule has 1 fully saturated rings. The molecular weight excluding hydrogens is 482 g/mol. The standard InChI is InChI=1S/C30H31N3O5/c1-31(28(34)19-33-25-17-24(30(36)37)13-14-27(25)38-20-29(33)35)26(18-32-15-5-6-16-32)23-11-9-22(10-12-23)21-7-3-2-4-8-21/h2-4,7-14,17,26H,5-6,15-16,18-20H2,1H3,(H,36,37). The van der Waals surface area contributed by atoms with Crippen molar-refractivity contribution in [3.63, 3.8) is 0 Å². The van der Waals surface area contributed by atoms with E-state index in [1.54, 1.807) is 11.9 Å². The number of likely N-dealkylation sites (tertiary alicyclic amines) is 1. The van der Waals surface area contributed by atoms with Crippen molar-refractivity contribution in [2.45, 2.75) is 18.9 Å². The van der Waals surface area contributed by atoms with Crippen LogP contribution in [0.1, 0.15) is 34.8 Å². The number of hydrogen-bond donors (Lipinski definition) is 1. The zero-order valence-electron chi connectivity index (χ0n) is 21.4. The number of carboxylic acid groups (broad SMARTS) is 1. The van der Waals surface area contributed by atoms with Gasteiger partial charge in [-0.1, -0.05) is 54.6 Å². The van der Waals surface area contributed by atoms with Crippen LogP contribution in [0.15, 0.2) is 72.8 Å². The number of aromatic carboxylic acids is 1. The van der Waals surface area contributed by atoms with E-state index in [0.29, 0.717) is 18.0 Å². The number of ether oxygens (including phenoxy) is 1. The lowest BCUT2D eigenvalue weighted by atomic mass is 9.99. The second-order valence-corrected chi connectivity index (χ2v) is 9.77. The first kappa shape index (κ1) is 25.5.